The Hall–Kier alpha value is -2.11. The number of ether oxygens (including phenoxy) is 2. The third-order valence-corrected chi connectivity index (χ3v) is 3.14. The molecule has 0 aliphatic heterocycles. The zero-order chi connectivity index (χ0) is 15.9. The average molecular weight is 306 g/mol. The minimum absolute atomic E-state index is 0.0856. The zero-order valence-corrected chi connectivity index (χ0v) is 12.4. The van der Waals surface area contributed by atoms with E-state index in [-0.39, 0.29) is 32.2 Å². The van der Waals surface area contributed by atoms with Gasteiger partial charge in [-0.15, -0.1) is 0 Å². The van der Waals surface area contributed by atoms with Gasteiger partial charge in [0.15, 0.2) is 0 Å². The normalized spacial score (nSPS) is 10.5. The highest BCUT2D eigenvalue weighted by Gasteiger charge is 2.10. The first-order chi connectivity index (χ1) is 10.7. The number of aryl methyl sites for hydroxylation is 1. The van der Waals surface area contributed by atoms with E-state index >= 15 is 0 Å². The molecule has 0 amide bonds. The van der Waals surface area contributed by atoms with Crippen molar-refractivity contribution in [3.05, 3.63) is 47.8 Å². The molecule has 0 atom stereocenters. The van der Waals surface area contributed by atoms with Crippen molar-refractivity contribution in [2.75, 3.05) is 26.4 Å². The molecule has 0 bridgehead atoms. The van der Waals surface area contributed by atoms with E-state index < -0.39 is 0 Å². The van der Waals surface area contributed by atoms with Gasteiger partial charge in [0.25, 0.3) is 0 Å². The Labute approximate surface area is 128 Å². The largest absolute Gasteiger partial charge is 0.491 e. The van der Waals surface area contributed by atoms with Crippen molar-refractivity contribution in [2.45, 2.75) is 6.92 Å². The number of halogens is 1. The van der Waals surface area contributed by atoms with Crippen LogP contribution < -0.4 is 9.47 Å². The Bertz CT molecular complexity index is 628. The SMILES string of the molecule is Cc1ccc(-c2ccc(OCCO)cc2OCCO)cc1F. The topological polar surface area (TPSA) is 58.9 Å². The molecular weight excluding hydrogens is 287 g/mol. The van der Waals surface area contributed by atoms with Gasteiger partial charge < -0.3 is 19.7 Å². The van der Waals surface area contributed by atoms with E-state index in [1.165, 1.54) is 6.07 Å². The average Bonchev–Trinajstić information content (AvgIpc) is 2.53. The van der Waals surface area contributed by atoms with E-state index in [0.29, 0.717) is 28.2 Å². The maximum absolute atomic E-state index is 13.8. The van der Waals surface area contributed by atoms with Crippen LogP contribution in [0.3, 0.4) is 0 Å². The van der Waals surface area contributed by atoms with Gasteiger partial charge in [-0.25, -0.2) is 4.39 Å². The molecule has 0 saturated heterocycles. The summed E-state index contributed by atoms with van der Waals surface area (Å²) in [6.07, 6.45) is 0. The van der Waals surface area contributed by atoms with Crippen molar-refractivity contribution in [3.63, 3.8) is 0 Å². The molecule has 0 aliphatic rings. The van der Waals surface area contributed by atoms with Gasteiger partial charge in [-0.05, 0) is 36.2 Å². The molecule has 0 unspecified atom stereocenters. The summed E-state index contributed by atoms with van der Waals surface area (Å²) in [6, 6.07) is 10.1. The van der Waals surface area contributed by atoms with Crippen LogP contribution in [-0.4, -0.2) is 36.6 Å². The number of hydrogen-bond acceptors (Lipinski definition) is 4. The molecule has 2 rings (SSSR count). The highest BCUT2D eigenvalue weighted by molar-refractivity contribution is 5.71. The third kappa shape index (κ3) is 3.96. The molecule has 22 heavy (non-hydrogen) atoms. The summed E-state index contributed by atoms with van der Waals surface area (Å²) in [4.78, 5) is 0. The van der Waals surface area contributed by atoms with Gasteiger partial charge >= 0.3 is 0 Å². The van der Waals surface area contributed by atoms with Crippen LogP contribution in [0, 0.1) is 12.7 Å². The quantitative estimate of drug-likeness (QED) is 0.825. The van der Waals surface area contributed by atoms with Gasteiger partial charge in [-0.3, -0.25) is 0 Å². The predicted molar refractivity (Wildman–Crippen MR) is 81.7 cm³/mol. The number of rotatable bonds is 7. The lowest BCUT2D eigenvalue weighted by atomic mass is 10.0. The summed E-state index contributed by atoms with van der Waals surface area (Å²) >= 11 is 0. The van der Waals surface area contributed by atoms with Crippen LogP contribution in [0.1, 0.15) is 5.56 Å². The van der Waals surface area contributed by atoms with Crippen molar-refractivity contribution >= 4 is 0 Å². The molecule has 4 nitrogen and oxygen atoms in total. The molecule has 0 fully saturated rings. The standard InChI is InChI=1S/C17H19FO4/c1-12-2-3-13(10-16(12)18)15-5-4-14(21-8-6-19)11-17(15)22-9-7-20/h2-5,10-11,19-20H,6-9H2,1H3. The van der Waals surface area contributed by atoms with Gasteiger partial charge in [0.2, 0.25) is 0 Å². The number of aliphatic hydroxyl groups is 2. The van der Waals surface area contributed by atoms with Crippen molar-refractivity contribution < 1.29 is 24.1 Å². The molecule has 0 radical (unpaired) electrons. The van der Waals surface area contributed by atoms with E-state index in [9.17, 15) is 4.39 Å². The smallest absolute Gasteiger partial charge is 0.130 e. The van der Waals surface area contributed by atoms with Crippen LogP contribution in [0.4, 0.5) is 4.39 Å². The van der Waals surface area contributed by atoms with Gasteiger partial charge in [0.05, 0.1) is 13.2 Å². The first kappa shape index (κ1) is 16.3. The number of hydrogen-bond donors (Lipinski definition) is 2. The van der Waals surface area contributed by atoms with Gasteiger partial charge in [0, 0.05) is 11.6 Å². The highest BCUT2D eigenvalue weighted by atomic mass is 19.1. The summed E-state index contributed by atoms with van der Waals surface area (Å²) in [5.41, 5.74) is 1.97. The van der Waals surface area contributed by atoms with Crippen LogP contribution in [0.15, 0.2) is 36.4 Å². The summed E-state index contributed by atoms with van der Waals surface area (Å²) in [5.74, 6) is 0.747. The fourth-order valence-electron chi connectivity index (χ4n) is 2.03. The van der Waals surface area contributed by atoms with Crippen LogP contribution in [0.25, 0.3) is 11.1 Å². The van der Waals surface area contributed by atoms with Crippen LogP contribution in [0.2, 0.25) is 0 Å². The molecule has 0 aromatic heterocycles. The van der Waals surface area contributed by atoms with Crippen LogP contribution in [-0.2, 0) is 0 Å². The Morgan fingerprint density at radius 1 is 0.955 bits per heavy atom. The molecule has 0 aliphatic carbocycles. The molecule has 2 aromatic carbocycles. The Morgan fingerprint density at radius 3 is 2.36 bits per heavy atom. The van der Waals surface area contributed by atoms with Crippen molar-refractivity contribution in [2.24, 2.45) is 0 Å². The number of aliphatic hydroxyl groups excluding tert-OH is 2. The minimum atomic E-state index is -0.286. The molecule has 2 N–H and O–H groups in total. The monoisotopic (exact) mass is 306 g/mol. The molecule has 0 spiro atoms. The summed E-state index contributed by atoms with van der Waals surface area (Å²) < 4.78 is 24.6. The van der Waals surface area contributed by atoms with Crippen LogP contribution in [0.5, 0.6) is 11.5 Å². The van der Waals surface area contributed by atoms with Crippen molar-refractivity contribution in [1.82, 2.24) is 0 Å². The molecule has 0 heterocycles. The summed E-state index contributed by atoms with van der Waals surface area (Å²) in [6.45, 7) is 1.80. The first-order valence-corrected chi connectivity index (χ1v) is 7.03. The Morgan fingerprint density at radius 2 is 1.68 bits per heavy atom. The second kappa shape index (κ2) is 7.77. The predicted octanol–water partition coefficient (Wildman–Crippen LogP) is 2.54. The maximum atomic E-state index is 13.8. The highest BCUT2D eigenvalue weighted by Crippen LogP contribution is 2.34. The van der Waals surface area contributed by atoms with Gasteiger partial charge in [0.1, 0.15) is 30.5 Å². The van der Waals surface area contributed by atoms with E-state index in [4.69, 9.17) is 19.7 Å². The van der Waals surface area contributed by atoms with Gasteiger partial charge in [-0.1, -0.05) is 12.1 Å². The summed E-state index contributed by atoms with van der Waals surface area (Å²) in [7, 11) is 0. The lowest BCUT2D eigenvalue weighted by Gasteiger charge is -2.14. The van der Waals surface area contributed by atoms with Crippen molar-refractivity contribution in [3.8, 4) is 22.6 Å². The zero-order valence-electron chi connectivity index (χ0n) is 12.4. The minimum Gasteiger partial charge on any atom is -0.491 e. The molecule has 5 heteroatoms. The van der Waals surface area contributed by atoms with Gasteiger partial charge in [-0.2, -0.15) is 0 Å². The number of benzene rings is 2. The Balaban J connectivity index is 2.37. The molecule has 118 valence electrons. The van der Waals surface area contributed by atoms with Crippen LogP contribution >= 0.6 is 0 Å². The summed E-state index contributed by atoms with van der Waals surface area (Å²) in [5, 5.41) is 17.7. The molecule has 2 aromatic rings. The van der Waals surface area contributed by atoms with E-state index in [1.54, 1.807) is 31.2 Å². The Kier molecular flexibility index (Phi) is 5.75. The lowest BCUT2D eigenvalue weighted by molar-refractivity contribution is 0.195. The molecule has 0 saturated carbocycles. The molecular formula is C17H19FO4. The third-order valence-electron chi connectivity index (χ3n) is 3.14. The lowest BCUT2D eigenvalue weighted by Crippen LogP contribution is -2.05. The maximum Gasteiger partial charge on any atom is 0.130 e. The van der Waals surface area contributed by atoms with E-state index in [1.807, 2.05) is 6.07 Å². The second-order valence-corrected chi connectivity index (χ2v) is 4.77. The fourth-order valence-corrected chi connectivity index (χ4v) is 2.03. The first-order valence-electron chi connectivity index (χ1n) is 7.03. The second-order valence-electron chi connectivity index (χ2n) is 4.77. The fraction of sp³-hybridized carbons (Fsp3) is 0.294. The van der Waals surface area contributed by atoms with E-state index in [0.717, 1.165) is 0 Å². The van der Waals surface area contributed by atoms with Crippen molar-refractivity contribution in [1.29, 1.82) is 0 Å². The van der Waals surface area contributed by atoms with E-state index in [2.05, 4.69) is 0 Å².